The lowest BCUT2D eigenvalue weighted by atomic mass is 10.1. The zero-order valence-corrected chi connectivity index (χ0v) is 16.8. The molecule has 3 rings (SSSR count). The number of rotatable bonds is 6. The Labute approximate surface area is 167 Å². The minimum absolute atomic E-state index is 0.00370. The SMILES string of the molecule is CN(C)C(=O)c1ccc(CCC(=O)N2CCN(Cc3ccccc3)CC2)cc1. The second kappa shape index (κ2) is 9.51. The Bertz CT molecular complexity index is 779. The number of piperazine rings is 1. The summed E-state index contributed by atoms with van der Waals surface area (Å²) in [7, 11) is 3.49. The molecular weight excluding hydrogens is 350 g/mol. The van der Waals surface area contributed by atoms with E-state index in [2.05, 4.69) is 29.2 Å². The molecule has 0 unspecified atom stereocenters. The molecule has 1 aliphatic rings. The van der Waals surface area contributed by atoms with E-state index in [1.54, 1.807) is 19.0 Å². The molecule has 0 saturated carbocycles. The van der Waals surface area contributed by atoms with Crippen molar-refractivity contribution in [2.75, 3.05) is 40.3 Å². The first kappa shape index (κ1) is 20.1. The lowest BCUT2D eigenvalue weighted by molar-refractivity contribution is -0.133. The van der Waals surface area contributed by atoms with Crippen LogP contribution in [-0.2, 0) is 17.8 Å². The summed E-state index contributed by atoms with van der Waals surface area (Å²) in [4.78, 5) is 30.4. The van der Waals surface area contributed by atoms with Crippen LogP contribution >= 0.6 is 0 Å². The highest BCUT2D eigenvalue weighted by Crippen LogP contribution is 2.12. The van der Waals surface area contributed by atoms with Gasteiger partial charge < -0.3 is 9.80 Å². The van der Waals surface area contributed by atoms with Crippen LogP contribution in [0.2, 0.25) is 0 Å². The third-order valence-electron chi connectivity index (χ3n) is 5.21. The topological polar surface area (TPSA) is 43.9 Å². The summed E-state index contributed by atoms with van der Waals surface area (Å²) in [6, 6.07) is 18.0. The molecule has 0 spiro atoms. The highest BCUT2D eigenvalue weighted by molar-refractivity contribution is 5.93. The Morgan fingerprint density at radius 1 is 0.857 bits per heavy atom. The molecule has 1 saturated heterocycles. The molecule has 1 aliphatic heterocycles. The lowest BCUT2D eigenvalue weighted by Gasteiger charge is -2.34. The van der Waals surface area contributed by atoms with E-state index in [4.69, 9.17) is 0 Å². The average molecular weight is 380 g/mol. The predicted octanol–water partition coefficient (Wildman–Crippen LogP) is 2.67. The Balaban J connectivity index is 1.43. The van der Waals surface area contributed by atoms with Gasteiger partial charge in [0.05, 0.1) is 0 Å². The molecule has 148 valence electrons. The van der Waals surface area contributed by atoms with E-state index in [-0.39, 0.29) is 11.8 Å². The molecule has 2 aromatic carbocycles. The molecule has 5 nitrogen and oxygen atoms in total. The third-order valence-corrected chi connectivity index (χ3v) is 5.21. The number of hydrogen-bond acceptors (Lipinski definition) is 3. The van der Waals surface area contributed by atoms with E-state index in [9.17, 15) is 9.59 Å². The van der Waals surface area contributed by atoms with Crippen LogP contribution in [0.25, 0.3) is 0 Å². The molecule has 0 atom stereocenters. The van der Waals surface area contributed by atoms with E-state index in [1.807, 2.05) is 35.2 Å². The highest BCUT2D eigenvalue weighted by atomic mass is 16.2. The van der Waals surface area contributed by atoms with Crippen molar-refractivity contribution in [3.63, 3.8) is 0 Å². The van der Waals surface area contributed by atoms with Crippen molar-refractivity contribution in [1.29, 1.82) is 0 Å². The van der Waals surface area contributed by atoms with Crippen molar-refractivity contribution in [2.45, 2.75) is 19.4 Å². The first-order valence-electron chi connectivity index (χ1n) is 9.87. The van der Waals surface area contributed by atoms with E-state index in [1.165, 1.54) is 5.56 Å². The Morgan fingerprint density at radius 3 is 2.11 bits per heavy atom. The molecule has 0 aromatic heterocycles. The van der Waals surface area contributed by atoms with Crippen LogP contribution in [0.1, 0.15) is 27.9 Å². The van der Waals surface area contributed by atoms with Crippen molar-refractivity contribution in [3.05, 3.63) is 71.3 Å². The number of benzene rings is 2. The van der Waals surface area contributed by atoms with Gasteiger partial charge in [-0.05, 0) is 29.7 Å². The third kappa shape index (κ3) is 5.42. The second-order valence-electron chi connectivity index (χ2n) is 7.54. The van der Waals surface area contributed by atoms with Crippen molar-refractivity contribution in [2.24, 2.45) is 0 Å². The Morgan fingerprint density at radius 2 is 1.50 bits per heavy atom. The van der Waals surface area contributed by atoms with E-state index in [0.29, 0.717) is 18.4 Å². The zero-order chi connectivity index (χ0) is 19.9. The van der Waals surface area contributed by atoms with Gasteiger partial charge >= 0.3 is 0 Å². The molecule has 5 heteroatoms. The summed E-state index contributed by atoms with van der Waals surface area (Å²) in [5.41, 5.74) is 3.08. The van der Waals surface area contributed by atoms with Gasteiger partial charge in [0.25, 0.3) is 5.91 Å². The lowest BCUT2D eigenvalue weighted by Crippen LogP contribution is -2.48. The molecule has 1 fully saturated rings. The highest BCUT2D eigenvalue weighted by Gasteiger charge is 2.20. The fourth-order valence-corrected chi connectivity index (χ4v) is 3.48. The maximum absolute atomic E-state index is 12.5. The van der Waals surface area contributed by atoms with Crippen molar-refractivity contribution in [1.82, 2.24) is 14.7 Å². The van der Waals surface area contributed by atoms with Crippen LogP contribution in [0.5, 0.6) is 0 Å². The van der Waals surface area contributed by atoms with Gasteiger partial charge in [0.2, 0.25) is 5.91 Å². The number of amides is 2. The average Bonchev–Trinajstić information content (AvgIpc) is 2.73. The number of aryl methyl sites for hydroxylation is 1. The second-order valence-corrected chi connectivity index (χ2v) is 7.54. The fourth-order valence-electron chi connectivity index (χ4n) is 3.48. The van der Waals surface area contributed by atoms with Crippen LogP contribution < -0.4 is 0 Å². The summed E-state index contributed by atoms with van der Waals surface area (Å²) in [6.45, 7) is 4.37. The molecule has 0 aliphatic carbocycles. The summed E-state index contributed by atoms with van der Waals surface area (Å²) in [6.07, 6.45) is 1.22. The minimum atomic E-state index is -0.00370. The van der Waals surface area contributed by atoms with Gasteiger partial charge in [-0.25, -0.2) is 0 Å². The fraction of sp³-hybridized carbons (Fsp3) is 0.391. The van der Waals surface area contributed by atoms with Crippen LogP contribution in [0.15, 0.2) is 54.6 Å². The zero-order valence-electron chi connectivity index (χ0n) is 16.8. The van der Waals surface area contributed by atoms with E-state index in [0.717, 1.165) is 38.3 Å². The van der Waals surface area contributed by atoms with Gasteiger partial charge in [-0.15, -0.1) is 0 Å². The van der Waals surface area contributed by atoms with Crippen LogP contribution in [0.4, 0.5) is 0 Å². The van der Waals surface area contributed by atoms with Gasteiger partial charge in [0, 0.05) is 58.8 Å². The van der Waals surface area contributed by atoms with Gasteiger partial charge in [-0.2, -0.15) is 0 Å². The number of hydrogen-bond donors (Lipinski definition) is 0. The quantitative estimate of drug-likeness (QED) is 0.775. The number of nitrogens with zero attached hydrogens (tertiary/aromatic N) is 3. The molecular formula is C23H29N3O2. The van der Waals surface area contributed by atoms with Crippen LogP contribution in [0.3, 0.4) is 0 Å². The first-order chi connectivity index (χ1) is 13.5. The summed E-state index contributed by atoms with van der Waals surface area (Å²) < 4.78 is 0. The molecule has 0 N–H and O–H groups in total. The molecule has 28 heavy (non-hydrogen) atoms. The number of carbonyl (C=O) groups is 2. The smallest absolute Gasteiger partial charge is 0.253 e. The number of carbonyl (C=O) groups excluding carboxylic acids is 2. The first-order valence-corrected chi connectivity index (χ1v) is 9.87. The molecule has 1 heterocycles. The van der Waals surface area contributed by atoms with Gasteiger partial charge in [-0.1, -0.05) is 42.5 Å². The minimum Gasteiger partial charge on any atom is -0.345 e. The Kier molecular flexibility index (Phi) is 6.82. The maximum Gasteiger partial charge on any atom is 0.253 e. The largest absolute Gasteiger partial charge is 0.345 e. The molecule has 2 amide bonds. The monoisotopic (exact) mass is 379 g/mol. The predicted molar refractivity (Wildman–Crippen MR) is 111 cm³/mol. The molecule has 0 bridgehead atoms. The van der Waals surface area contributed by atoms with Crippen molar-refractivity contribution < 1.29 is 9.59 Å². The maximum atomic E-state index is 12.5. The molecule has 0 radical (unpaired) electrons. The molecule has 2 aromatic rings. The van der Waals surface area contributed by atoms with Crippen molar-refractivity contribution in [3.8, 4) is 0 Å². The summed E-state index contributed by atoms with van der Waals surface area (Å²) in [5.74, 6) is 0.212. The van der Waals surface area contributed by atoms with E-state index >= 15 is 0 Å². The van der Waals surface area contributed by atoms with Gasteiger partial charge in [-0.3, -0.25) is 14.5 Å². The summed E-state index contributed by atoms with van der Waals surface area (Å²) in [5, 5.41) is 0. The standard InChI is InChI=1S/C23H29N3O2/c1-24(2)23(28)21-11-8-19(9-12-21)10-13-22(27)26-16-14-25(15-17-26)18-20-6-4-3-5-7-20/h3-9,11-12H,10,13-18H2,1-2H3. The van der Waals surface area contributed by atoms with Crippen molar-refractivity contribution >= 4 is 11.8 Å². The summed E-state index contributed by atoms with van der Waals surface area (Å²) >= 11 is 0. The van der Waals surface area contributed by atoms with E-state index < -0.39 is 0 Å². The normalized spacial score (nSPS) is 14.7. The Hall–Kier alpha value is -2.66. The van der Waals surface area contributed by atoms with Gasteiger partial charge in [0.15, 0.2) is 0 Å². The van der Waals surface area contributed by atoms with Crippen LogP contribution in [0, 0.1) is 0 Å². The van der Waals surface area contributed by atoms with Crippen LogP contribution in [-0.4, -0.2) is 66.8 Å². The van der Waals surface area contributed by atoms with Gasteiger partial charge in [0.1, 0.15) is 0 Å².